The molecule has 0 saturated carbocycles. The molecule has 1 saturated heterocycles. The smallest absolute Gasteiger partial charge is 0.277 e. The van der Waals surface area contributed by atoms with Crippen LogP contribution in [-0.2, 0) is 14.3 Å². The number of carbonyl (C=O) groups is 2. The maximum Gasteiger partial charge on any atom is 0.277 e. The molecule has 1 N–H and O–H groups in total. The predicted octanol–water partition coefficient (Wildman–Crippen LogP) is 2.61. The fourth-order valence-electron chi connectivity index (χ4n) is 2.95. The zero-order valence-electron chi connectivity index (χ0n) is 18.3. The van der Waals surface area contributed by atoms with Crippen molar-refractivity contribution < 1.29 is 28.5 Å². The number of amides is 2. The Kier molecular flexibility index (Phi) is 9.52. The number of hydrogen-bond acceptors (Lipinski definition) is 7. The molecule has 0 radical (unpaired) electrons. The lowest BCUT2D eigenvalue weighted by molar-refractivity contribution is -0.137. The van der Waals surface area contributed by atoms with Gasteiger partial charge in [-0.3, -0.25) is 9.59 Å². The van der Waals surface area contributed by atoms with Gasteiger partial charge in [0.15, 0.2) is 24.7 Å². The van der Waals surface area contributed by atoms with Crippen LogP contribution in [0, 0.1) is 0 Å². The number of carbonyl (C=O) groups excluding carboxylic acids is 2. The molecule has 1 aliphatic rings. The SMILES string of the molecule is CCOc1cc(/C=N/NC(=O)COc2cccc(Br)c2)ccc1OCC(=O)N1CCOCC1. The summed E-state index contributed by atoms with van der Waals surface area (Å²) in [7, 11) is 0. The molecule has 3 rings (SSSR count). The van der Waals surface area contributed by atoms with E-state index >= 15 is 0 Å². The zero-order valence-corrected chi connectivity index (χ0v) is 19.9. The van der Waals surface area contributed by atoms with E-state index in [9.17, 15) is 9.59 Å². The van der Waals surface area contributed by atoms with Crippen LogP contribution in [0.5, 0.6) is 17.2 Å². The van der Waals surface area contributed by atoms with Gasteiger partial charge in [-0.25, -0.2) is 5.43 Å². The Labute approximate surface area is 200 Å². The van der Waals surface area contributed by atoms with Gasteiger partial charge >= 0.3 is 0 Å². The van der Waals surface area contributed by atoms with Crippen molar-refractivity contribution in [2.45, 2.75) is 6.92 Å². The van der Waals surface area contributed by atoms with E-state index < -0.39 is 5.91 Å². The Bertz CT molecular complexity index is 978. The fraction of sp³-hybridized carbons (Fsp3) is 0.348. The van der Waals surface area contributed by atoms with Crippen molar-refractivity contribution >= 4 is 34.0 Å². The second-order valence-corrected chi connectivity index (χ2v) is 7.88. The summed E-state index contributed by atoms with van der Waals surface area (Å²) in [5.41, 5.74) is 3.11. The largest absolute Gasteiger partial charge is 0.490 e. The highest BCUT2D eigenvalue weighted by Gasteiger charge is 2.18. The molecule has 10 heteroatoms. The average molecular weight is 520 g/mol. The van der Waals surface area contributed by atoms with E-state index in [0.717, 1.165) is 4.47 Å². The lowest BCUT2D eigenvalue weighted by Crippen LogP contribution is -2.43. The monoisotopic (exact) mass is 519 g/mol. The maximum absolute atomic E-state index is 12.3. The van der Waals surface area contributed by atoms with E-state index in [2.05, 4.69) is 26.5 Å². The third kappa shape index (κ3) is 8.07. The first-order valence-electron chi connectivity index (χ1n) is 10.5. The highest BCUT2D eigenvalue weighted by atomic mass is 79.9. The van der Waals surface area contributed by atoms with Crippen LogP contribution in [0.1, 0.15) is 12.5 Å². The molecule has 0 aliphatic carbocycles. The molecule has 0 bridgehead atoms. The third-order valence-electron chi connectivity index (χ3n) is 4.55. The summed E-state index contributed by atoms with van der Waals surface area (Å²) < 4.78 is 22.9. The Morgan fingerprint density at radius 3 is 2.67 bits per heavy atom. The van der Waals surface area contributed by atoms with E-state index in [1.54, 1.807) is 35.2 Å². The van der Waals surface area contributed by atoms with E-state index in [-0.39, 0.29) is 19.1 Å². The van der Waals surface area contributed by atoms with E-state index in [1.165, 1.54) is 6.21 Å². The quantitative estimate of drug-likeness (QED) is 0.382. The summed E-state index contributed by atoms with van der Waals surface area (Å²) in [6.45, 7) is 4.24. The Hall–Kier alpha value is -3.11. The number of hydrazone groups is 1. The van der Waals surface area contributed by atoms with Crippen LogP contribution in [0.2, 0.25) is 0 Å². The van der Waals surface area contributed by atoms with Gasteiger partial charge in [0.25, 0.3) is 11.8 Å². The molecule has 1 heterocycles. The van der Waals surface area contributed by atoms with Gasteiger partial charge in [-0.1, -0.05) is 22.0 Å². The molecule has 1 fully saturated rings. The molecule has 2 amide bonds. The van der Waals surface area contributed by atoms with Crippen molar-refractivity contribution in [3.8, 4) is 17.2 Å². The summed E-state index contributed by atoms with van der Waals surface area (Å²) in [4.78, 5) is 26.0. The summed E-state index contributed by atoms with van der Waals surface area (Å²) in [6, 6.07) is 12.4. The minimum atomic E-state index is -0.391. The number of nitrogens with zero attached hydrogens (tertiary/aromatic N) is 2. The molecule has 2 aromatic rings. The van der Waals surface area contributed by atoms with Crippen molar-refractivity contribution in [3.63, 3.8) is 0 Å². The normalized spacial score (nSPS) is 13.6. The molecular formula is C23H26BrN3O6. The minimum Gasteiger partial charge on any atom is -0.490 e. The van der Waals surface area contributed by atoms with Gasteiger partial charge in [0.05, 0.1) is 26.0 Å². The first-order valence-corrected chi connectivity index (χ1v) is 11.3. The van der Waals surface area contributed by atoms with Crippen LogP contribution >= 0.6 is 15.9 Å². The second-order valence-electron chi connectivity index (χ2n) is 6.96. The summed E-state index contributed by atoms with van der Waals surface area (Å²) in [6.07, 6.45) is 1.49. The van der Waals surface area contributed by atoms with Crippen molar-refractivity contribution in [3.05, 3.63) is 52.5 Å². The summed E-state index contributed by atoms with van der Waals surface area (Å²) in [5.74, 6) is 1.03. The maximum atomic E-state index is 12.3. The van der Waals surface area contributed by atoms with Gasteiger partial charge in [0.2, 0.25) is 0 Å². The standard InChI is InChI=1S/C23H26BrN3O6/c1-2-31-21-12-17(6-7-20(21)33-16-23(29)27-8-10-30-11-9-27)14-25-26-22(28)15-32-19-5-3-4-18(24)13-19/h3-7,12-14H,2,8-11,15-16H2,1H3,(H,26,28)/b25-14+. The van der Waals surface area contributed by atoms with Gasteiger partial charge in [-0.2, -0.15) is 5.10 Å². The van der Waals surface area contributed by atoms with Crippen molar-refractivity contribution in [2.24, 2.45) is 5.10 Å². The average Bonchev–Trinajstić information content (AvgIpc) is 2.83. The van der Waals surface area contributed by atoms with E-state index in [1.807, 2.05) is 19.1 Å². The Morgan fingerprint density at radius 2 is 1.91 bits per heavy atom. The number of benzene rings is 2. The summed E-state index contributed by atoms with van der Waals surface area (Å²) >= 11 is 3.35. The van der Waals surface area contributed by atoms with E-state index in [4.69, 9.17) is 18.9 Å². The van der Waals surface area contributed by atoms with Gasteiger partial charge in [0.1, 0.15) is 5.75 Å². The number of morpholine rings is 1. The molecule has 176 valence electrons. The molecule has 2 aromatic carbocycles. The minimum absolute atomic E-state index is 0.0818. The van der Waals surface area contributed by atoms with Crippen LogP contribution in [0.4, 0.5) is 0 Å². The van der Waals surface area contributed by atoms with Crippen LogP contribution in [-0.4, -0.2) is 69.1 Å². The lowest BCUT2D eigenvalue weighted by Gasteiger charge is -2.26. The number of rotatable bonds is 10. The van der Waals surface area contributed by atoms with Crippen molar-refractivity contribution in [2.75, 3.05) is 46.1 Å². The molecule has 0 aromatic heterocycles. The lowest BCUT2D eigenvalue weighted by atomic mass is 10.2. The van der Waals surface area contributed by atoms with Crippen molar-refractivity contribution in [1.82, 2.24) is 10.3 Å². The first kappa shape index (κ1) is 24.5. The zero-order chi connectivity index (χ0) is 23.5. The predicted molar refractivity (Wildman–Crippen MR) is 126 cm³/mol. The van der Waals surface area contributed by atoms with Crippen molar-refractivity contribution in [1.29, 1.82) is 0 Å². The van der Waals surface area contributed by atoms with Crippen LogP contribution in [0.3, 0.4) is 0 Å². The number of hydrogen-bond donors (Lipinski definition) is 1. The Balaban J connectivity index is 1.51. The highest BCUT2D eigenvalue weighted by molar-refractivity contribution is 9.10. The summed E-state index contributed by atoms with van der Waals surface area (Å²) in [5, 5.41) is 3.95. The first-order chi connectivity index (χ1) is 16.0. The molecule has 1 aliphatic heterocycles. The molecule has 0 spiro atoms. The fourth-order valence-corrected chi connectivity index (χ4v) is 3.33. The van der Waals surface area contributed by atoms with E-state index in [0.29, 0.717) is 55.7 Å². The van der Waals surface area contributed by atoms with Gasteiger partial charge in [-0.15, -0.1) is 0 Å². The molecule has 9 nitrogen and oxygen atoms in total. The molecule has 0 unspecified atom stereocenters. The topological polar surface area (TPSA) is 98.7 Å². The number of nitrogens with one attached hydrogen (secondary N) is 1. The van der Waals surface area contributed by atoms with Gasteiger partial charge < -0.3 is 23.8 Å². The Morgan fingerprint density at radius 1 is 1.09 bits per heavy atom. The van der Waals surface area contributed by atoms with Gasteiger partial charge in [-0.05, 0) is 48.9 Å². The molecular weight excluding hydrogens is 494 g/mol. The number of halogens is 1. The third-order valence-corrected chi connectivity index (χ3v) is 5.04. The second kappa shape index (κ2) is 12.8. The van der Waals surface area contributed by atoms with Crippen LogP contribution < -0.4 is 19.6 Å². The number of ether oxygens (including phenoxy) is 4. The highest BCUT2D eigenvalue weighted by Crippen LogP contribution is 2.28. The van der Waals surface area contributed by atoms with Crippen LogP contribution in [0.15, 0.2) is 52.0 Å². The molecule has 33 heavy (non-hydrogen) atoms. The van der Waals surface area contributed by atoms with Crippen LogP contribution in [0.25, 0.3) is 0 Å². The van der Waals surface area contributed by atoms with Gasteiger partial charge in [0, 0.05) is 17.6 Å². The molecule has 0 atom stereocenters.